The van der Waals surface area contributed by atoms with Crippen molar-refractivity contribution < 1.29 is 33.3 Å². The average molecular weight is 623 g/mol. The first-order valence-electron chi connectivity index (χ1n) is 13.1. The van der Waals surface area contributed by atoms with Crippen molar-refractivity contribution in [3.05, 3.63) is 64.5 Å². The van der Waals surface area contributed by atoms with Crippen molar-refractivity contribution >= 4 is 45.9 Å². The van der Waals surface area contributed by atoms with E-state index in [0.717, 1.165) is 28.2 Å². The SMILES string of the molecule is CCOC(=O)c1sc(NC(=O)CCSc2nnc(-c3ccc(OC)cc3)c(-c3ccc(OC)cc3)n2)c(C(=O)OC)c1C. The van der Waals surface area contributed by atoms with E-state index in [0.29, 0.717) is 33.6 Å². The van der Waals surface area contributed by atoms with Gasteiger partial charge in [0.15, 0.2) is 0 Å². The largest absolute Gasteiger partial charge is 0.497 e. The Morgan fingerprint density at radius 2 is 1.47 bits per heavy atom. The highest BCUT2D eigenvalue weighted by Crippen LogP contribution is 2.35. The molecule has 224 valence electrons. The van der Waals surface area contributed by atoms with Crippen molar-refractivity contribution in [2.24, 2.45) is 0 Å². The highest BCUT2D eigenvalue weighted by molar-refractivity contribution is 7.99. The first kappa shape index (κ1) is 31.4. The third-order valence-corrected chi connectivity index (χ3v) is 8.23. The van der Waals surface area contributed by atoms with Crippen LogP contribution < -0.4 is 14.8 Å². The van der Waals surface area contributed by atoms with Gasteiger partial charge in [-0.25, -0.2) is 14.6 Å². The maximum atomic E-state index is 12.9. The van der Waals surface area contributed by atoms with E-state index in [1.807, 2.05) is 48.5 Å². The van der Waals surface area contributed by atoms with E-state index in [1.165, 1.54) is 18.9 Å². The summed E-state index contributed by atoms with van der Waals surface area (Å²) in [5.74, 6) is 0.184. The summed E-state index contributed by atoms with van der Waals surface area (Å²) in [7, 11) is 4.44. The number of methoxy groups -OCH3 is 3. The summed E-state index contributed by atoms with van der Waals surface area (Å²) in [6.07, 6.45) is 0.0818. The molecule has 0 radical (unpaired) electrons. The molecule has 0 saturated heterocycles. The van der Waals surface area contributed by atoms with Gasteiger partial charge in [-0.3, -0.25) is 4.79 Å². The van der Waals surface area contributed by atoms with Crippen LogP contribution in [0.25, 0.3) is 22.5 Å². The smallest absolute Gasteiger partial charge is 0.348 e. The van der Waals surface area contributed by atoms with E-state index in [-0.39, 0.29) is 34.4 Å². The lowest BCUT2D eigenvalue weighted by atomic mass is 10.0. The maximum Gasteiger partial charge on any atom is 0.348 e. The molecule has 4 rings (SSSR count). The second kappa shape index (κ2) is 14.6. The van der Waals surface area contributed by atoms with Crippen molar-refractivity contribution in [1.82, 2.24) is 15.2 Å². The first-order valence-corrected chi connectivity index (χ1v) is 14.9. The van der Waals surface area contributed by atoms with Crippen LogP contribution in [0, 0.1) is 6.92 Å². The molecule has 0 aliphatic rings. The van der Waals surface area contributed by atoms with Gasteiger partial charge >= 0.3 is 11.9 Å². The van der Waals surface area contributed by atoms with Gasteiger partial charge in [-0.15, -0.1) is 21.5 Å². The molecule has 0 fully saturated rings. The zero-order valence-electron chi connectivity index (χ0n) is 24.3. The summed E-state index contributed by atoms with van der Waals surface area (Å²) in [5.41, 5.74) is 3.37. The molecule has 43 heavy (non-hydrogen) atoms. The number of nitrogens with one attached hydrogen (secondary N) is 1. The quantitative estimate of drug-likeness (QED) is 0.154. The van der Waals surface area contributed by atoms with E-state index >= 15 is 0 Å². The molecule has 1 amide bonds. The topological polar surface area (TPSA) is 139 Å². The number of thiophene rings is 1. The van der Waals surface area contributed by atoms with Gasteiger partial charge in [-0.05, 0) is 67.9 Å². The minimum Gasteiger partial charge on any atom is -0.497 e. The zero-order valence-corrected chi connectivity index (χ0v) is 25.9. The Balaban J connectivity index is 1.51. The Bertz CT molecular complexity index is 1610. The Kier molecular flexibility index (Phi) is 10.7. The summed E-state index contributed by atoms with van der Waals surface area (Å²) in [6.45, 7) is 3.48. The van der Waals surface area contributed by atoms with Crippen molar-refractivity contribution in [2.45, 2.75) is 25.4 Å². The number of hydrogen-bond donors (Lipinski definition) is 1. The molecule has 0 aliphatic carbocycles. The number of benzene rings is 2. The number of amides is 1. The molecule has 0 saturated carbocycles. The molecular weight excluding hydrogens is 592 g/mol. The monoisotopic (exact) mass is 622 g/mol. The second-order valence-electron chi connectivity index (χ2n) is 8.87. The van der Waals surface area contributed by atoms with E-state index in [9.17, 15) is 14.4 Å². The minimum absolute atomic E-state index is 0.0818. The van der Waals surface area contributed by atoms with E-state index in [4.69, 9.17) is 23.9 Å². The summed E-state index contributed by atoms with van der Waals surface area (Å²) >= 11 is 2.24. The number of carbonyl (C=O) groups excluding carboxylic acids is 3. The van der Waals surface area contributed by atoms with E-state index in [2.05, 4.69) is 15.5 Å². The molecule has 2 aromatic heterocycles. The molecule has 13 heteroatoms. The number of aromatic nitrogens is 3. The van der Waals surface area contributed by atoms with Gasteiger partial charge in [0.05, 0.1) is 33.5 Å². The van der Waals surface area contributed by atoms with Crippen LogP contribution in [-0.2, 0) is 14.3 Å². The van der Waals surface area contributed by atoms with Gasteiger partial charge in [0.2, 0.25) is 11.1 Å². The van der Waals surface area contributed by atoms with E-state index < -0.39 is 11.9 Å². The summed E-state index contributed by atoms with van der Waals surface area (Å²) in [6, 6.07) is 14.9. The molecule has 0 aliphatic heterocycles. The van der Waals surface area contributed by atoms with Crippen LogP contribution in [0.5, 0.6) is 11.5 Å². The number of rotatable bonds is 12. The van der Waals surface area contributed by atoms with Gasteiger partial charge in [0, 0.05) is 23.3 Å². The molecule has 4 aromatic rings. The second-order valence-corrected chi connectivity index (χ2v) is 11.0. The number of ether oxygens (including phenoxy) is 4. The van der Waals surface area contributed by atoms with Crippen molar-refractivity contribution in [3.63, 3.8) is 0 Å². The molecule has 2 aromatic carbocycles. The summed E-state index contributed by atoms with van der Waals surface area (Å²) in [5, 5.41) is 12.1. The number of nitrogens with zero attached hydrogens (tertiary/aromatic N) is 3. The van der Waals surface area contributed by atoms with Gasteiger partial charge in [0.25, 0.3) is 0 Å². The standard InChI is InChI=1S/C30H30N4O7S2/c1-6-41-29(37)26-17(2)23(28(36)40-5)27(43-26)31-22(35)15-16-42-30-32-24(18-7-11-20(38-3)12-8-18)25(33-34-30)19-9-13-21(39-4)14-10-19/h7-14H,6,15-16H2,1-5H3,(H,31,35). The number of carbonyl (C=O) groups is 3. The Hall–Kier alpha value is -4.49. The van der Waals surface area contributed by atoms with Crippen LogP contribution in [0.3, 0.4) is 0 Å². The summed E-state index contributed by atoms with van der Waals surface area (Å²) < 4.78 is 20.5. The molecule has 11 nitrogen and oxygen atoms in total. The fraction of sp³-hybridized carbons (Fsp3) is 0.267. The van der Waals surface area contributed by atoms with E-state index in [1.54, 1.807) is 28.1 Å². The van der Waals surface area contributed by atoms with Crippen molar-refractivity contribution in [1.29, 1.82) is 0 Å². The Morgan fingerprint density at radius 3 is 2.02 bits per heavy atom. The van der Waals surface area contributed by atoms with Crippen LogP contribution in [0.4, 0.5) is 5.00 Å². The van der Waals surface area contributed by atoms with Crippen molar-refractivity contribution in [2.75, 3.05) is 39.0 Å². The highest BCUT2D eigenvalue weighted by atomic mass is 32.2. The number of hydrogen-bond acceptors (Lipinski definition) is 12. The molecule has 0 spiro atoms. The van der Waals surface area contributed by atoms with Gasteiger partial charge in [-0.2, -0.15) is 0 Å². The third kappa shape index (κ3) is 7.48. The molecule has 2 heterocycles. The van der Waals surface area contributed by atoms with Crippen LogP contribution in [-0.4, -0.2) is 66.7 Å². The van der Waals surface area contributed by atoms with Crippen LogP contribution in [0.1, 0.15) is 38.9 Å². The number of anilines is 1. The lowest BCUT2D eigenvalue weighted by Gasteiger charge is -2.11. The van der Waals surface area contributed by atoms with Gasteiger partial charge < -0.3 is 24.3 Å². The number of thioether (sulfide) groups is 1. The third-order valence-electron chi connectivity index (χ3n) is 6.20. The predicted octanol–water partition coefficient (Wildman–Crippen LogP) is 5.68. The lowest BCUT2D eigenvalue weighted by molar-refractivity contribution is -0.115. The minimum atomic E-state index is -0.656. The number of esters is 2. The molecule has 1 N–H and O–H groups in total. The highest BCUT2D eigenvalue weighted by Gasteiger charge is 2.27. The van der Waals surface area contributed by atoms with Crippen LogP contribution in [0.2, 0.25) is 0 Å². The zero-order chi connectivity index (χ0) is 30.9. The molecular formula is C30H30N4O7S2. The van der Waals surface area contributed by atoms with Crippen LogP contribution >= 0.6 is 23.1 Å². The first-order chi connectivity index (χ1) is 20.8. The molecule has 0 atom stereocenters. The predicted molar refractivity (Wildman–Crippen MR) is 164 cm³/mol. The van der Waals surface area contributed by atoms with Crippen LogP contribution in [0.15, 0.2) is 53.7 Å². The maximum absolute atomic E-state index is 12.9. The normalized spacial score (nSPS) is 10.6. The average Bonchev–Trinajstić information content (AvgIpc) is 3.36. The van der Waals surface area contributed by atoms with Gasteiger partial charge in [0.1, 0.15) is 32.8 Å². The fourth-order valence-corrected chi connectivity index (χ4v) is 5.86. The lowest BCUT2D eigenvalue weighted by Crippen LogP contribution is -2.14. The van der Waals surface area contributed by atoms with Gasteiger partial charge in [-0.1, -0.05) is 11.8 Å². The van der Waals surface area contributed by atoms with Crippen molar-refractivity contribution in [3.8, 4) is 34.0 Å². The molecule has 0 unspecified atom stereocenters. The fourth-order valence-electron chi connectivity index (χ4n) is 4.03. The molecule has 0 bridgehead atoms. The summed E-state index contributed by atoms with van der Waals surface area (Å²) in [4.78, 5) is 42.6. The Labute approximate surface area is 256 Å². The Morgan fingerprint density at radius 1 is 0.860 bits per heavy atom.